The fourth-order valence-electron chi connectivity index (χ4n) is 2.69. The largest absolute Gasteiger partial charge is 0.496 e. The Hall–Kier alpha value is -1.32. The van der Waals surface area contributed by atoms with Crippen LogP contribution in [0.3, 0.4) is 0 Å². The molecule has 0 aliphatic rings. The van der Waals surface area contributed by atoms with Crippen LogP contribution in [-0.2, 0) is 0 Å². The lowest BCUT2D eigenvalue weighted by atomic mass is 9.95. The van der Waals surface area contributed by atoms with E-state index < -0.39 is 0 Å². The van der Waals surface area contributed by atoms with E-state index in [0.29, 0.717) is 0 Å². The van der Waals surface area contributed by atoms with Crippen LogP contribution in [0.25, 0.3) is 0 Å². The summed E-state index contributed by atoms with van der Waals surface area (Å²) in [5, 5.41) is 5.77. The Morgan fingerprint density at radius 2 is 1.95 bits per heavy atom. The predicted molar refractivity (Wildman–Crippen MR) is 87.0 cm³/mol. The highest BCUT2D eigenvalue weighted by atomic mass is 32.1. The minimum absolute atomic E-state index is 0.204. The van der Waals surface area contributed by atoms with Crippen molar-refractivity contribution in [2.75, 3.05) is 13.7 Å². The molecule has 0 saturated carbocycles. The number of nitrogens with one attached hydrogen (secondary N) is 1. The Bertz CT molecular complexity index is 589. The fraction of sp³-hybridized carbons (Fsp3) is 0.412. The van der Waals surface area contributed by atoms with E-state index in [4.69, 9.17) is 4.74 Å². The molecule has 2 rings (SSSR count). The summed E-state index contributed by atoms with van der Waals surface area (Å²) in [4.78, 5) is 1.37. The van der Waals surface area contributed by atoms with Crippen molar-refractivity contribution in [2.24, 2.45) is 0 Å². The van der Waals surface area contributed by atoms with Crippen molar-refractivity contribution in [2.45, 2.75) is 33.7 Å². The van der Waals surface area contributed by atoms with Crippen LogP contribution in [0.15, 0.2) is 23.6 Å². The zero-order valence-electron chi connectivity index (χ0n) is 12.9. The highest BCUT2D eigenvalue weighted by Gasteiger charge is 2.22. The van der Waals surface area contributed by atoms with Gasteiger partial charge in [-0.1, -0.05) is 13.0 Å². The molecule has 0 amide bonds. The number of hydrogen-bond acceptors (Lipinski definition) is 3. The highest BCUT2D eigenvalue weighted by Crippen LogP contribution is 2.37. The molecule has 0 fully saturated rings. The number of ether oxygens (including phenoxy) is 1. The first-order chi connectivity index (χ1) is 9.58. The number of rotatable bonds is 5. The second-order valence-electron chi connectivity index (χ2n) is 5.16. The fourth-order valence-corrected chi connectivity index (χ4v) is 3.70. The van der Waals surface area contributed by atoms with Gasteiger partial charge in [0.2, 0.25) is 0 Å². The van der Waals surface area contributed by atoms with Crippen molar-refractivity contribution < 1.29 is 4.74 Å². The van der Waals surface area contributed by atoms with Crippen LogP contribution < -0.4 is 10.1 Å². The summed E-state index contributed by atoms with van der Waals surface area (Å²) in [7, 11) is 1.75. The van der Waals surface area contributed by atoms with E-state index in [0.717, 1.165) is 12.3 Å². The molecule has 2 aromatic rings. The lowest BCUT2D eigenvalue weighted by molar-refractivity contribution is 0.403. The average molecular weight is 289 g/mol. The number of hydrogen-bond donors (Lipinski definition) is 1. The molecular weight excluding hydrogens is 266 g/mol. The van der Waals surface area contributed by atoms with Crippen LogP contribution in [-0.4, -0.2) is 13.7 Å². The molecule has 1 aromatic carbocycles. The molecule has 0 aliphatic heterocycles. The van der Waals surface area contributed by atoms with Gasteiger partial charge in [0.15, 0.2) is 0 Å². The number of methoxy groups -OCH3 is 1. The van der Waals surface area contributed by atoms with Gasteiger partial charge in [-0.05, 0) is 61.5 Å². The summed E-state index contributed by atoms with van der Waals surface area (Å²) >= 11 is 1.81. The van der Waals surface area contributed by atoms with Crippen molar-refractivity contribution in [3.8, 4) is 5.75 Å². The molecule has 0 saturated heterocycles. The Kier molecular flexibility index (Phi) is 4.84. The van der Waals surface area contributed by atoms with E-state index in [1.807, 2.05) is 0 Å². The van der Waals surface area contributed by atoms with Crippen molar-refractivity contribution in [3.63, 3.8) is 0 Å². The minimum Gasteiger partial charge on any atom is -0.496 e. The molecule has 108 valence electrons. The maximum Gasteiger partial charge on any atom is 0.124 e. The summed E-state index contributed by atoms with van der Waals surface area (Å²) in [5.41, 5.74) is 5.11. The van der Waals surface area contributed by atoms with E-state index in [9.17, 15) is 0 Å². The van der Waals surface area contributed by atoms with Gasteiger partial charge in [-0.3, -0.25) is 0 Å². The normalized spacial score (nSPS) is 12.4. The Balaban J connectivity index is 2.58. The van der Waals surface area contributed by atoms with Gasteiger partial charge in [-0.25, -0.2) is 0 Å². The first kappa shape index (κ1) is 15.1. The van der Waals surface area contributed by atoms with E-state index >= 15 is 0 Å². The average Bonchev–Trinajstić information content (AvgIpc) is 2.82. The molecule has 1 aromatic heterocycles. The predicted octanol–water partition coefficient (Wildman–Crippen LogP) is 4.38. The molecular formula is C17H23NOS. The molecule has 0 aliphatic carbocycles. The van der Waals surface area contributed by atoms with Crippen molar-refractivity contribution in [1.82, 2.24) is 5.32 Å². The van der Waals surface area contributed by atoms with Crippen LogP contribution >= 0.6 is 11.3 Å². The van der Waals surface area contributed by atoms with E-state index in [1.165, 1.54) is 27.1 Å². The van der Waals surface area contributed by atoms with Crippen LogP contribution in [0, 0.1) is 20.8 Å². The molecule has 1 heterocycles. The maximum absolute atomic E-state index is 5.64. The monoisotopic (exact) mass is 289 g/mol. The minimum atomic E-state index is 0.204. The Labute approximate surface area is 125 Å². The first-order valence-corrected chi connectivity index (χ1v) is 7.89. The second kappa shape index (κ2) is 6.42. The molecule has 1 atom stereocenters. The molecule has 0 bridgehead atoms. The molecule has 0 radical (unpaired) electrons. The Morgan fingerprint density at radius 3 is 2.50 bits per heavy atom. The highest BCUT2D eigenvalue weighted by molar-refractivity contribution is 7.10. The summed E-state index contributed by atoms with van der Waals surface area (Å²) in [6, 6.07) is 6.73. The van der Waals surface area contributed by atoms with E-state index in [1.54, 1.807) is 18.4 Å². The van der Waals surface area contributed by atoms with E-state index in [-0.39, 0.29) is 6.04 Å². The zero-order valence-corrected chi connectivity index (χ0v) is 13.7. The Morgan fingerprint density at radius 1 is 1.20 bits per heavy atom. The van der Waals surface area contributed by atoms with Gasteiger partial charge in [0.05, 0.1) is 13.2 Å². The third-order valence-corrected chi connectivity index (χ3v) is 4.66. The second-order valence-corrected chi connectivity index (χ2v) is 6.10. The third-order valence-electron chi connectivity index (χ3n) is 3.57. The molecule has 2 nitrogen and oxygen atoms in total. The van der Waals surface area contributed by atoms with Gasteiger partial charge in [-0.15, -0.1) is 11.3 Å². The molecule has 3 heteroatoms. The summed E-state index contributed by atoms with van der Waals surface area (Å²) in [6.45, 7) is 9.52. The summed E-state index contributed by atoms with van der Waals surface area (Å²) in [5.74, 6) is 0.973. The topological polar surface area (TPSA) is 21.3 Å². The van der Waals surface area contributed by atoms with Gasteiger partial charge < -0.3 is 10.1 Å². The molecule has 0 spiro atoms. The van der Waals surface area contributed by atoms with Gasteiger partial charge in [0.25, 0.3) is 0 Å². The zero-order chi connectivity index (χ0) is 14.7. The van der Waals surface area contributed by atoms with Gasteiger partial charge in [-0.2, -0.15) is 0 Å². The standard InChI is InChI=1S/C17H23NOS/c1-6-18-16(17-12(3)7-8-20-17)15-13(4)9-11(2)10-14(15)19-5/h7-10,16,18H,6H2,1-5H3. The first-order valence-electron chi connectivity index (χ1n) is 7.01. The van der Waals surface area contributed by atoms with Gasteiger partial charge in [0.1, 0.15) is 5.75 Å². The van der Waals surface area contributed by atoms with Crippen molar-refractivity contribution in [3.05, 3.63) is 50.7 Å². The quantitative estimate of drug-likeness (QED) is 0.882. The number of aryl methyl sites for hydroxylation is 3. The van der Waals surface area contributed by atoms with Crippen LogP contribution in [0.5, 0.6) is 5.75 Å². The third kappa shape index (κ3) is 2.89. The van der Waals surface area contributed by atoms with Crippen molar-refractivity contribution >= 4 is 11.3 Å². The number of thiophene rings is 1. The van der Waals surface area contributed by atoms with Crippen LogP contribution in [0.4, 0.5) is 0 Å². The summed E-state index contributed by atoms with van der Waals surface area (Å²) < 4.78 is 5.64. The van der Waals surface area contributed by atoms with Crippen LogP contribution in [0.1, 0.15) is 40.1 Å². The smallest absolute Gasteiger partial charge is 0.124 e. The van der Waals surface area contributed by atoms with Crippen molar-refractivity contribution in [1.29, 1.82) is 0 Å². The molecule has 1 unspecified atom stereocenters. The van der Waals surface area contributed by atoms with E-state index in [2.05, 4.69) is 56.6 Å². The van der Waals surface area contributed by atoms with Gasteiger partial charge >= 0.3 is 0 Å². The lowest BCUT2D eigenvalue weighted by Gasteiger charge is -2.23. The number of benzene rings is 1. The van der Waals surface area contributed by atoms with Crippen LogP contribution in [0.2, 0.25) is 0 Å². The molecule has 20 heavy (non-hydrogen) atoms. The van der Waals surface area contributed by atoms with Gasteiger partial charge in [0, 0.05) is 10.4 Å². The maximum atomic E-state index is 5.64. The lowest BCUT2D eigenvalue weighted by Crippen LogP contribution is -2.23. The SMILES string of the molecule is CCNC(c1sccc1C)c1c(C)cc(C)cc1OC. The molecule has 1 N–H and O–H groups in total. The summed E-state index contributed by atoms with van der Waals surface area (Å²) in [6.07, 6.45) is 0.